The number of aryl methyl sites for hydroxylation is 1. The van der Waals surface area contributed by atoms with Gasteiger partial charge in [-0.15, -0.1) is 0 Å². The molecule has 5 rings (SSSR count). The van der Waals surface area contributed by atoms with Crippen LogP contribution in [0.25, 0.3) is 5.69 Å². The second kappa shape index (κ2) is 9.95. The second-order valence-electron chi connectivity index (χ2n) is 8.67. The van der Waals surface area contributed by atoms with Crippen molar-refractivity contribution >= 4 is 38.9 Å². The van der Waals surface area contributed by atoms with E-state index in [1.807, 2.05) is 42.6 Å². The number of ether oxygens (including phenoxy) is 2. The van der Waals surface area contributed by atoms with E-state index >= 15 is 0 Å². The third kappa shape index (κ3) is 4.24. The molecule has 1 saturated heterocycles. The summed E-state index contributed by atoms with van der Waals surface area (Å²) in [4.78, 5) is 6.81. The Bertz CT molecular complexity index is 1410. The number of pyridine rings is 1. The number of aromatic nitrogens is 2. The number of methoxy groups -OCH3 is 2. The molecular weight excluding hydrogens is 536 g/mol. The second-order valence-corrected chi connectivity index (χ2v) is 9.98. The first kappa shape index (κ1) is 24.3. The molecule has 4 aromatic rings. The maximum atomic E-state index is 5.93. The van der Waals surface area contributed by atoms with Crippen LogP contribution in [0.5, 0.6) is 11.5 Å². The van der Waals surface area contributed by atoms with Crippen LogP contribution in [0.1, 0.15) is 34.7 Å². The van der Waals surface area contributed by atoms with E-state index < -0.39 is 0 Å². The number of halogens is 1. The van der Waals surface area contributed by atoms with E-state index in [9.17, 15) is 0 Å². The average Bonchev–Trinajstić information content (AvgIpc) is 3.39. The number of hydrogen-bond donors (Lipinski definition) is 1. The highest BCUT2D eigenvalue weighted by molar-refractivity contribution is 9.10. The molecule has 2 atom stereocenters. The summed E-state index contributed by atoms with van der Waals surface area (Å²) in [5.74, 6) is 1.45. The van der Waals surface area contributed by atoms with Crippen LogP contribution in [0.15, 0.2) is 77.4 Å². The summed E-state index contributed by atoms with van der Waals surface area (Å²) >= 11 is 9.48. The summed E-state index contributed by atoms with van der Waals surface area (Å²) in [6.07, 6.45) is 1.82. The zero-order chi connectivity index (χ0) is 25.4. The van der Waals surface area contributed by atoms with Crippen molar-refractivity contribution in [2.45, 2.75) is 25.9 Å². The van der Waals surface area contributed by atoms with E-state index in [1.165, 1.54) is 0 Å². The van der Waals surface area contributed by atoms with Crippen molar-refractivity contribution in [2.24, 2.45) is 0 Å². The molecule has 36 heavy (non-hydrogen) atoms. The summed E-state index contributed by atoms with van der Waals surface area (Å²) in [5.41, 5.74) is 6.30. The fraction of sp³-hybridized carbons (Fsp3) is 0.214. The summed E-state index contributed by atoms with van der Waals surface area (Å²) in [7, 11) is 3.33. The van der Waals surface area contributed by atoms with Gasteiger partial charge < -0.3 is 24.3 Å². The normalized spacial score (nSPS) is 17.2. The monoisotopic (exact) mass is 562 g/mol. The van der Waals surface area contributed by atoms with Gasteiger partial charge in [-0.3, -0.25) is 4.98 Å². The van der Waals surface area contributed by atoms with Crippen molar-refractivity contribution in [1.29, 1.82) is 0 Å². The Morgan fingerprint density at radius 3 is 2.42 bits per heavy atom. The van der Waals surface area contributed by atoms with Gasteiger partial charge in [0.1, 0.15) is 11.5 Å². The molecule has 3 heterocycles. The molecule has 6 nitrogen and oxygen atoms in total. The largest absolute Gasteiger partial charge is 0.497 e. The maximum absolute atomic E-state index is 5.93. The van der Waals surface area contributed by atoms with Gasteiger partial charge in [-0.2, -0.15) is 0 Å². The minimum Gasteiger partial charge on any atom is -0.497 e. The molecule has 184 valence electrons. The number of benzene rings is 2. The first-order valence-electron chi connectivity index (χ1n) is 11.6. The topological polar surface area (TPSA) is 51.6 Å². The number of nitrogens with one attached hydrogen (secondary N) is 1. The standard InChI is InChI=1S/C28H27BrN4O2S/c1-17-15-22(18(2)32(17)20-10-8-19(29)9-11-20)27-26(23-7-5-6-14-30-23)31-28(36)33(27)24-16-21(34-3)12-13-25(24)35-4/h5-16,26-27H,1-4H3,(H,31,36)/t26-,27+/m1/s1. The molecule has 0 aliphatic carbocycles. The lowest BCUT2D eigenvalue weighted by Gasteiger charge is -2.29. The quantitative estimate of drug-likeness (QED) is 0.273. The van der Waals surface area contributed by atoms with Gasteiger partial charge in [-0.05, 0) is 86.2 Å². The van der Waals surface area contributed by atoms with Gasteiger partial charge in [0.15, 0.2) is 5.11 Å². The number of thiocarbonyl (C=S) groups is 1. The molecule has 1 aliphatic rings. The van der Waals surface area contributed by atoms with Crippen molar-refractivity contribution < 1.29 is 9.47 Å². The van der Waals surface area contributed by atoms with E-state index in [0.29, 0.717) is 10.9 Å². The smallest absolute Gasteiger partial charge is 0.174 e. The van der Waals surface area contributed by atoms with Crippen molar-refractivity contribution in [3.63, 3.8) is 0 Å². The van der Waals surface area contributed by atoms with Crippen LogP contribution in [0.3, 0.4) is 0 Å². The zero-order valence-corrected chi connectivity index (χ0v) is 22.9. The van der Waals surface area contributed by atoms with E-state index in [-0.39, 0.29) is 12.1 Å². The van der Waals surface area contributed by atoms with Gasteiger partial charge in [0, 0.05) is 33.8 Å². The summed E-state index contributed by atoms with van der Waals surface area (Å²) in [6, 6.07) is 22.0. The molecule has 0 saturated carbocycles. The highest BCUT2D eigenvalue weighted by Gasteiger charge is 2.43. The number of rotatable bonds is 6. The van der Waals surface area contributed by atoms with Crippen LogP contribution in [0.2, 0.25) is 0 Å². The predicted molar refractivity (Wildman–Crippen MR) is 150 cm³/mol. The lowest BCUT2D eigenvalue weighted by molar-refractivity contribution is 0.403. The number of nitrogens with zero attached hydrogens (tertiary/aromatic N) is 3. The molecule has 0 radical (unpaired) electrons. The Morgan fingerprint density at radius 2 is 1.75 bits per heavy atom. The number of hydrogen-bond acceptors (Lipinski definition) is 4. The molecule has 2 aromatic heterocycles. The molecular formula is C28H27BrN4O2S. The van der Waals surface area contributed by atoms with Crippen molar-refractivity contribution in [3.05, 3.63) is 100 Å². The average molecular weight is 564 g/mol. The summed E-state index contributed by atoms with van der Waals surface area (Å²) < 4.78 is 14.6. The third-order valence-electron chi connectivity index (χ3n) is 6.62. The molecule has 0 amide bonds. The van der Waals surface area contributed by atoms with Crippen molar-refractivity contribution in [3.8, 4) is 17.2 Å². The van der Waals surface area contributed by atoms with Crippen LogP contribution >= 0.6 is 28.1 Å². The van der Waals surface area contributed by atoms with E-state index in [4.69, 9.17) is 21.7 Å². The molecule has 8 heteroatoms. The first-order valence-corrected chi connectivity index (χ1v) is 12.8. The molecule has 1 aliphatic heterocycles. The minimum atomic E-state index is -0.163. The van der Waals surface area contributed by atoms with Gasteiger partial charge in [0.05, 0.1) is 37.7 Å². The third-order valence-corrected chi connectivity index (χ3v) is 7.46. The van der Waals surface area contributed by atoms with Crippen molar-refractivity contribution in [1.82, 2.24) is 14.9 Å². The molecule has 0 unspecified atom stereocenters. The Kier molecular flexibility index (Phi) is 6.73. The van der Waals surface area contributed by atoms with Crippen molar-refractivity contribution in [2.75, 3.05) is 19.1 Å². The van der Waals surface area contributed by atoms with E-state index in [1.54, 1.807) is 14.2 Å². The van der Waals surface area contributed by atoms with E-state index in [2.05, 4.69) is 79.9 Å². The fourth-order valence-electron chi connectivity index (χ4n) is 4.99. The summed E-state index contributed by atoms with van der Waals surface area (Å²) in [6.45, 7) is 4.29. The number of anilines is 1. The highest BCUT2D eigenvalue weighted by atomic mass is 79.9. The summed E-state index contributed by atoms with van der Waals surface area (Å²) in [5, 5.41) is 4.15. The van der Waals surface area contributed by atoms with Gasteiger partial charge in [0.2, 0.25) is 0 Å². The van der Waals surface area contributed by atoms with Crippen LogP contribution < -0.4 is 19.7 Å². The molecule has 0 spiro atoms. The Labute approximate surface area is 225 Å². The molecule has 1 fully saturated rings. The highest BCUT2D eigenvalue weighted by Crippen LogP contribution is 2.47. The Balaban J connectivity index is 1.71. The molecule has 0 bridgehead atoms. The SMILES string of the molecule is COc1ccc(OC)c(N2C(=S)N[C@H](c3ccccn3)[C@@H]2c2cc(C)n(-c3ccc(Br)cc3)c2C)c1. The van der Waals surface area contributed by atoms with Crippen LogP contribution in [-0.2, 0) is 0 Å². The minimum absolute atomic E-state index is 0.159. The zero-order valence-electron chi connectivity index (χ0n) is 20.5. The fourth-order valence-corrected chi connectivity index (χ4v) is 5.59. The Hall–Kier alpha value is -3.36. The molecule has 2 aromatic carbocycles. The van der Waals surface area contributed by atoms with Crippen LogP contribution in [-0.4, -0.2) is 28.9 Å². The first-order chi connectivity index (χ1) is 17.4. The van der Waals surface area contributed by atoms with Gasteiger partial charge >= 0.3 is 0 Å². The predicted octanol–water partition coefficient (Wildman–Crippen LogP) is 6.45. The van der Waals surface area contributed by atoms with Crippen LogP contribution in [0.4, 0.5) is 5.69 Å². The van der Waals surface area contributed by atoms with Crippen LogP contribution in [0, 0.1) is 13.8 Å². The molecule has 1 N–H and O–H groups in total. The van der Waals surface area contributed by atoms with Gasteiger partial charge in [0.25, 0.3) is 0 Å². The maximum Gasteiger partial charge on any atom is 0.174 e. The lowest BCUT2D eigenvalue weighted by Crippen LogP contribution is -2.30. The van der Waals surface area contributed by atoms with E-state index in [0.717, 1.165) is 44.2 Å². The van der Waals surface area contributed by atoms with Gasteiger partial charge in [-0.1, -0.05) is 22.0 Å². The lowest BCUT2D eigenvalue weighted by atomic mass is 9.96. The Morgan fingerprint density at radius 1 is 0.972 bits per heavy atom. The van der Waals surface area contributed by atoms with Gasteiger partial charge in [-0.25, -0.2) is 0 Å².